The number of nitrogens with one attached hydrogen (secondary N) is 1. The van der Waals surface area contributed by atoms with Crippen molar-refractivity contribution >= 4 is 17.3 Å². The Hall–Kier alpha value is -2.65. The van der Waals surface area contributed by atoms with Gasteiger partial charge in [0.2, 0.25) is 0 Å². The van der Waals surface area contributed by atoms with Crippen LogP contribution in [0.25, 0.3) is 11.3 Å². The standard InChI is InChI=1S/C20H19ClF4N4O/c1-11-7-13(9-18(21)27-11)17-5-6-26-29(17)19(8-12(2)30)28-14-3-4-16(22)15(10-14)20(23,24)25/h3-7,9-10,12,19,28,30H,8H2,1-2H3. The maximum absolute atomic E-state index is 13.6. The minimum absolute atomic E-state index is 0.0415. The predicted molar refractivity (Wildman–Crippen MR) is 106 cm³/mol. The lowest BCUT2D eigenvalue weighted by Crippen LogP contribution is -2.24. The van der Waals surface area contributed by atoms with E-state index in [9.17, 15) is 22.7 Å². The molecule has 0 aliphatic heterocycles. The maximum Gasteiger partial charge on any atom is 0.419 e. The van der Waals surface area contributed by atoms with Gasteiger partial charge >= 0.3 is 6.18 Å². The van der Waals surface area contributed by atoms with Gasteiger partial charge in [-0.25, -0.2) is 14.1 Å². The Kier molecular flexibility index (Phi) is 6.33. The Morgan fingerprint density at radius 3 is 2.57 bits per heavy atom. The molecule has 3 rings (SSSR count). The number of pyridine rings is 1. The quantitative estimate of drug-likeness (QED) is 0.394. The zero-order chi connectivity index (χ0) is 22.1. The zero-order valence-corrected chi connectivity index (χ0v) is 16.8. The highest BCUT2D eigenvalue weighted by Gasteiger charge is 2.34. The van der Waals surface area contributed by atoms with Crippen LogP contribution in [-0.2, 0) is 6.18 Å². The number of benzene rings is 1. The van der Waals surface area contributed by atoms with Crippen LogP contribution < -0.4 is 5.32 Å². The van der Waals surface area contributed by atoms with Crippen molar-refractivity contribution in [3.05, 3.63) is 64.8 Å². The molecule has 0 fully saturated rings. The van der Waals surface area contributed by atoms with Gasteiger partial charge in [-0.1, -0.05) is 11.6 Å². The molecule has 2 atom stereocenters. The van der Waals surface area contributed by atoms with Crippen molar-refractivity contribution in [3.8, 4) is 11.3 Å². The van der Waals surface area contributed by atoms with Crippen LogP contribution in [-0.4, -0.2) is 26.0 Å². The number of aryl methyl sites for hydroxylation is 1. The Morgan fingerprint density at radius 2 is 1.93 bits per heavy atom. The highest BCUT2D eigenvalue weighted by Crippen LogP contribution is 2.34. The number of aliphatic hydroxyl groups is 1. The number of nitrogens with zero attached hydrogens (tertiary/aromatic N) is 3. The van der Waals surface area contributed by atoms with Crippen molar-refractivity contribution in [1.82, 2.24) is 14.8 Å². The van der Waals surface area contributed by atoms with Gasteiger partial charge in [0, 0.05) is 29.6 Å². The molecule has 0 saturated carbocycles. The van der Waals surface area contributed by atoms with Crippen LogP contribution in [0.5, 0.6) is 0 Å². The van der Waals surface area contributed by atoms with Gasteiger partial charge in [-0.15, -0.1) is 0 Å². The zero-order valence-electron chi connectivity index (χ0n) is 16.1. The van der Waals surface area contributed by atoms with Crippen LogP contribution in [0, 0.1) is 12.7 Å². The van der Waals surface area contributed by atoms with Crippen molar-refractivity contribution in [3.63, 3.8) is 0 Å². The largest absolute Gasteiger partial charge is 0.419 e. The van der Waals surface area contributed by atoms with E-state index in [1.165, 1.54) is 16.9 Å². The van der Waals surface area contributed by atoms with E-state index in [0.29, 0.717) is 23.0 Å². The summed E-state index contributed by atoms with van der Waals surface area (Å²) in [4.78, 5) is 4.11. The average Bonchev–Trinajstić information content (AvgIpc) is 3.10. The molecule has 0 bridgehead atoms. The second-order valence-corrected chi connectivity index (χ2v) is 7.31. The third-order valence-electron chi connectivity index (χ3n) is 4.35. The first-order valence-electron chi connectivity index (χ1n) is 9.04. The van der Waals surface area contributed by atoms with Crippen molar-refractivity contribution in [1.29, 1.82) is 0 Å². The summed E-state index contributed by atoms with van der Waals surface area (Å²) >= 11 is 6.05. The number of alkyl halides is 3. The van der Waals surface area contributed by atoms with Crippen molar-refractivity contribution in [2.24, 2.45) is 0 Å². The topological polar surface area (TPSA) is 63.0 Å². The molecule has 0 aliphatic carbocycles. The monoisotopic (exact) mass is 442 g/mol. The van der Waals surface area contributed by atoms with E-state index >= 15 is 0 Å². The van der Waals surface area contributed by atoms with Gasteiger partial charge in [0.1, 0.15) is 17.1 Å². The highest BCUT2D eigenvalue weighted by molar-refractivity contribution is 6.29. The summed E-state index contributed by atoms with van der Waals surface area (Å²) in [6.07, 6.45) is -4.67. The number of aliphatic hydroxyl groups excluding tert-OH is 1. The summed E-state index contributed by atoms with van der Waals surface area (Å²) in [5, 5.41) is 17.4. The molecular formula is C20H19ClF4N4O. The van der Waals surface area contributed by atoms with Gasteiger partial charge in [0.05, 0.1) is 17.4 Å². The molecule has 0 saturated heterocycles. The third kappa shape index (κ3) is 5.09. The van der Waals surface area contributed by atoms with Gasteiger partial charge in [0.15, 0.2) is 0 Å². The van der Waals surface area contributed by atoms with Crippen molar-refractivity contribution < 1.29 is 22.7 Å². The Morgan fingerprint density at radius 1 is 1.20 bits per heavy atom. The fourth-order valence-electron chi connectivity index (χ4n) is 3.13. The third-order valence-corrected chi connectivity index (χ3v) is 4.55. The van der Waals surface area contributed by atoms with Gasteiger partial charge < -0.3 is 10.4 Å². The normalized spacial score (nSPS) is 13.9. The van der Waals surface area contributed by atoms with Gasteiger partial charge in [-0.2, -0.15) is 18.3 Å². The summed E-state index contributed by atoms with van der Waals surface area (Å²) < 4.78 is 54.4. The molecule has 2 heterocycles. The molecule has 160 valence electrons. The minimum Gasteiger partial charge on any atom is -0.393 e. The van der Waals surface area contributed by atoms with Crippen LogP contribution in [0.2, 0.25) is 5.15 Å². The second-order valence-electron chi connectivity index (χ2n) is 6.92. The van der Waals surface area contributed by atoms with E-state index in [1.54, 1.807) is 32.0 Å². The molecule has 0 radical (unpaired) electrons. The number of rotatable bonds is 6. The molecule has 0 amide bonds. The number of hydrogen-bond acceptors (Lipinski definition) is 4. The molecule has 2 N–H and O–H groups in total. The minimum atomic E-state index is -4.83. The highest BCUT2D eigenvalue weighted by atomic mass is 35.5. The van der Waals surface area contributed by atoms with Crippen LogP contribution in [0.15, 0.2) is 42.6 Å². The Balaban J connectivity index is 2.00. The Bertz CT molecular complexity index is 1020. The molecule has 2 unspecified atom stereocenters. The average molecular weight is 443 g/mol. The summed E-state index contributed by atoms with van der Waals surface area (Å²) in [7, 11) is 0. The molecule has 0 aliphatic rings. The van der Waals surface area contributed by atoms with Gasteiger partial charge in [0.25, 0.3) is 0 Å². The fraction of sp³-hybridized carbons (Fsp3) is 0.300. The summed E-state index contributed by atoms with van der Waals surface area (Å²) in [5.41, 5.74) is 0.676. The molecule has 0 spiro atoms. The van der Waals surface area contributed by atoms with E-state index in [1.807, 2.05) is 0 Å². The van der Waals surface area contributed by atoms with Gasteiger partial charge in [-0.05, 0) is 50.2 Å². The number of halogens is 5. The van der Waals surface area contributed by atoms with E-state index < -0.39 is 29.8 Å². The fourth-order valence-corrected chi connectivity index (χ4v) is 3.39. The first-order valence-corrected chi connectivity index (χ1v) is 9.42. The molecule has 2 aromatic heterocycles. The molecule has 1 aromatic carbocycles. The lowest BCUT2D eigenvalue weighted by molar-refractivity contribution is -0.139. The number of aromatic nitrogens is 3. The van der Waals surface area contributed by atoms with Crippen LogP contribution in [0.3, 0.4) is 0 Å². The Labute approximate surface area is 175 Å². The number of anilines is 1. The van der Waals surface area contributed by atoms with Crippen molar-refractivity contribution in [2.45, 2.75) is 38.7 Å². The number of hydrogen-bond donors (Lipinski definition) is 2. The maximum atomic E-state index is 13.6. The van der Waals surface area contributed by atoms with E-state index in [2.05, 4.69) is 15.4 Å². The molecule has 5 nitrogen and oxygen atoms in total. The van der Waals surface area contributed by atoms with Crippen LogP contribution in [0.4, 0.5) is 23.2 Å². The summed E-state index contributed by atoms with van der Waals surface area (Å²) in [5.74, 6) is -1.36. The first-order chi connectivity index (χ1) is 14.0. The molecule has 30 heavy (non-hydrogen) atoms. The second kappa shape index (κ2) is 8.61. The van der Waals surface area contributed by atoms with Crippen LogP contribution >= 0.6 is 11.6 Å². The smallest absolute Gasteiger partial charge is 0.393 e. The molecule has 10 heteroatoms. The predicted octanol–water partition coefficient (Wildman–Crippen LogP) is 5.45. The first kappa shape index (κ1) is 22.0. The van der Waals surface area contributed by atoms with Crippen LogP contribution in [0.1, 0.15) is 30.8 Å². The van der Waals surface area contributed by atoms with E-state index in [0.717, 1.165) is 6.07 Å². The lowest BCUT2D eigenvalue weighted by Gasteiger charge is -2.24. The van der Waals surface area contributed by atoms with E-state index in [-0.39, 0.29) is 17.3 Å². The van der Waals surface area contributed by atoms with Gasteiger partial charge in [-0.3, -0.25) is 0 Å². The lowest BCUT2D eigenvalue weighted by atomic mass is 10.1. The SMILES string of the molecule is Cc1cc(-c2ccnn2C(CC(C)O)Nc2ccc(F)c(C(F)(F)F)c2)cc(Cl)n1. The summed E-state index contributed by atoms with van der Waals surface area (Å²) in [6.45, 7) is 3.33. The van der Waals surface area contributed by atoms with E-state index in [4.69, 9.17) is 11.6 Å². The summed E-state index contributed by atoms with van der Waals surface area (Å²) in [6, 6.07) is 7.80. The molecular weight excluding hydrogens is 424 g/mol. The molecule has 3 aromatic rings. The van der Waals surface area contributed by atoms with Crippen molar-refractivity contribution in [2.75, 3.05) is 5.32 Å².